The molecule has 0 fully saturated rings. The third-order valence-electron chi connectivity index (χ3n) is 3.68. The SMILES string of the molecule is NCC1(Cc2cc(Br)cs2)COc2ccccc2C1. The smallest absolute Gasteiger partial charge is 0.122 e. The van der Waals surface area contributed by atoms with Crippen molar-refractivity contribution in [3.8, 4) is 5.75 Å². The van der Waals surface area contributed by atoms with Gasteiger partial charge in [-0.25, -0.2) is 0 Å². The van der Waals surface area contributed by atoms with Gasteiger partial charge in [-0.1, -0.05) is 18.2 Å². The maximum atomic E-state index is 6.06. The van der Waals surface area contributed by atoms with Gasteiger partial charge in [0.25, 0.3) is 0 Å². The molecule has 4 heteroatoms. The van der Waals surface area contributed by atoms with Gasteiger partial charge in [-0.2, -0.15) is 0 Å². The molecule has 1 atom stereocenters. The van der Waals surface area contributed by atoms with Crippen molar-refractivity contribution in [3.63, 3.8) is 0 Å². The Balaban J connectivity index is 1.85. The molecule has 0 radical (unpaired) electrons. The van der Waals surface area contributed by atoms with Crippen LogP contribution in [0.25, 0.3) is 0 Å². The monoisotopic (exact) mass is 337 g/mol. The number of thiophene rings is 1. The Morgan fingerprint density at radius 2 is 2.21 bits per heavy atom. The van der Waals surface area contributed by atoms with Gasteiger partial charge in [0.1, 0.15) is 5.75 Å². The average Bonchev–Trinajstić information content (AvgIpc) is 2.84. The summed E-state index contributed by atoms with van der Waals surface area (Å²) in [6.45, 7) is 1.35. The molecule has 1 aromatic carbocycles. The van der Waals surface area contributed by atoms with Crippen LogP contribution in [0.2, 0.25) is 0 Å². The lowest BCUT2D eigenvalue weighted by Gasteiger charge is -2.36. The van der Waals surface area contributed by atoms with Crippen LogP contribution in [-0.2, 0) is 12.8 Å². The van der Waals surface area contributed by atoms with Crippen molar-refractivity contribution in [2.24, 2.45) is 11.1 Å². The number of para-hydroxylation sites is 1. The maximum absolute atomic E-state index is 6.06. The fourth-order valence-electron chi connectivity index (χ4n) is 2.61. The summed E-state index contributed by atoms with van der Waals surface area (Å²) in [5.41, 5.74) is 7.36. The van der Waals surface area contributed by atoms with Crippen LogP contribution in [0.5, 0.6) is 5.75 Å². The number of fused-ring (bicyclic) bond motifs is 1. The van der Waals surface area contributed by atoms with Crippen LogP contribution >= 0.6 is 27.3 Å². The highest BCUT2D eigenvalue weighted by atomic mass is 79.9. The van der Waals surface area contributed by atoms with Gasteiger partial charge in [-0.05, 0) is 46.5 Å². The minimum absolute atomic E-state index is 0.0264. The first-order valence-corrected chi connectivity index (χ1v) is 8.02. The topological polar surface area (TPSA) is 35.2 Å². The van der Waals surface area contributed by atoms with Crippen LogP contribution in [-0.4, -0.2) is 13.2 Å². The van der Waals surface area contributed by atoms with Gasteiger partial charge < -0.3 is 10.5 Å². The summed E-state index contributed by atoms with van der Waals surface area (Å²) in [5, 5.41) is 2.12. The summed E-state index contributed by atoms with van der Waals surface area (Å²) in [5.74, 6) is 1.01. The van der Waals surface area contributed by atoms with Crippen molar-refractivity contribution in [1.82, 2.24) is 0 Å². The minimum atomic E-state index is 0.0264. The zero-order valence-electron chi connectivity index (χ0n) is 10.6. The molecule has 2 aromatic rings. The van der Waals surface area contributed by atoms with Crippen LogP contribution in [0.4, 0.5) is 0 Å². The van der Waals surface area contributed by atoms with E-state index >= 15 is 0 Å². The third-order valence-corrected chi connectivity index (χ3v) is 5.37. The quantitative estimate of drug-likeness (QED) is 0.928. The molecule has 0 amide bonds. The summed E-state index contributed by atoms with van der Waals surface area (Å²) in [6, 6.07) is 10.4. The summed E-state index contributed by atoms with van der Waals surface area (Å²) in [7, 11) is 0. The van der Waals surface area contributed by atoms with Crippen LogP contribution in [0.15, 0.2) is 40.2 Å². The standard InChI is InChI=1S/C15H16BrNOS/c16-12-5-13(19-8-12)7-15(9-17)6-11-3-1-2-4-14(11)18-10-15/h1-5,8H,6-7,9-10,17H2. The second kappa shape index (κ2) is 5.27. The fraction of sp³-hybridized carbons (Fsp3) is 0.333. The molecular weight excluding hydrogens is 322 g/mol. The van der Waals surface area contributed by atoms with Crippen LogP contribution < -0.4 is 10.5 Å². The Labute approximate surface area is 125 Å². The van der Waals surface area contributed by atoms with Gasteiger partial charge in [0.05, 0.1) is 6.61 Å². The Hall–Kier alpha value is -0.840. The van der Waals surface area contributed by atoms with Gasteiger partial charge >= 0.3 is 0 Å². The summed E-state index contributed by atoms with van der Waals surface area (Å²) < 4.78 is 7.07. The Morgan fingerprint density at radius 1 is 1.37 bits per heavy atom. The van der Waals surface area contributed by atoms with Gasteiger partial charge in [0, 0.05) is 26.7 Å². The van der Waals surface area contributed by atoms with Crippen molar-refractivity contribution in [1.29, 1.82) is 0 Å². The number of rotatable bonds is 3. The van der Waals surface area contributed by atoms with E-state index in [-0.39, 0.29) is 5.41 Å². The number of halogens is 1. The van der Waals surface area contributed by atoms with E-state index in [9.17, 15) is 0 Å². The Kier molecular flexibility index (Phi) is 3.65. The van der Waals surface area contributed by atoms with E-state index in [0.29, 0.717) is 13.2 Å². The molecule has 0 saturated heterocycles. The Morgan fingerprint density at radius 3 is 2.95 bits per heavy atom. The average molecular weight is 338 g/mol. The first-order chi connectivity index (χ1) is 9.21. The first kappa shape index (κ1) is 13.2. The molecule has 100 valence electrons. The third kappa shape index (κ3) is 2.71. The largest absolute Gasteiger partial charge is 0.493 e. The lowest BCUT2D eigenvalue weighted by Crippen LogP contribution is -2.42. The number of hydrogen-bond donors (Lipinski definition) is 1. The maximum Gasteiger partial charge on any atom is 0.122 e. The molecule has 0 bridgehead atoms. The molecule has 2 heterocycles. The van der Waals surface area contributed by atoms with E-state index in [0.717, 1.165) is 23.1 Å². The molecular formula is C15H16BrNOS. The van der Waals surface area contributed by atoms with E-state index in [1.165, 1.54) is 10.4 Å². The van der Waals surface area contributed by atoms with Gasteiger partial charge in [0.2, 0.25) is 0 Å². The van der Waals surface area contributed by atoms with Crippen molar-refractivity contribution in [2.45, 2.75) is 12.8 Å². The molecule has 1 aromatic heterocycles. The van der Waals surface area contributed by atoms with Gasteiger partial charge in [0.15, 0.2) is 0 Å². The minimum Gasteiger partial charge on any atom is -0.493 e. The molecule has 0 saturated carbocycles. The van der Waals surface area contributed by atoms with Gasteiger partial charge in [-0.15, -0.1) is 11.3 Å². The molecule has 1 aliphatic heterocycles. The highest BCUT2D eigenvalue weighted by Crippen LogP contribution is 2.37. The van der Waals surface area contributed by atoms with E-state index in [2.05, 4.69) is 39.5 Å². The number of ether oxygens (including phenoxy) is 1. The first-order valence-electron chi connectivity index (χ1n) is 6.34. The zero-order chi connectivity index (χ0) is 13.3. The highest BCUT2D eigenvalue weighted by Gasteiger charge is 2.35. The second-order valence-electron chi connectivity index (χ2n) is 5.19. The number of benzene rings is 1. The summed E-state index contributed by atoms with van der Waals surface area (Å²) >= 11 is 5.29. The predicted molar refractivity (Wildman–Crippen MR) is 82.9 cm³/mol. The molecule has 0 spiro atoms. The van der Waals surface area contributed by atoms with Crippen molar-refractivity contribution < 1.29 is 4.74 Å². The molecule has 2 nitrogen and oxygen atoms in total. The summed E-state index contributed by atoms with van der Waals surface area (Å²) in [4.78, 5) is 1.36. The Bertz CT molecular complexity index is 583. The summed E-state index contributed by atoms with van der Waals surface area (Å²) in [6.07, 6.45) is 1.98. The van der Waals surface area contributed by atoms with Crippen LogP contribution in [0.3, 0.4) is 0 Å². The fourth-order valence-corrected chi connectivity index (χ4v) is 4.23. The second-order valence-corrected chi connectivity index (χ2v) is 7.10. The van der Waals surface area contributed by atoms with Crippen LogP contribution in [0.1, 0.15) is 10.4 Å². The number of hydrogen-bond acceptors (Lipinski definition) is 3. The predicted octanol–water partition coefficient (Wildman–Crippen LogP) is 3.63. The van der Waals surface area contributed by atoms with E-state index in [4.69, 9.17) is 10.5 Å². The zero-order valence-corrected chi connectivity index (χ0v) is 13.0. The van der Waals surface area contributed by atoms with Crippen molar-refractivity contribution >= 4 is 27.3 Å². The molecule has 2 N–H and O–H groups in total. The molecule has 19 heavy (non-hydrogen) atoms. The molecule has 3 rings (SSSR count). The van der Waals surface area contributed by atoms with Crippen molar-refractivity contribution in [3.05, 3.63) is 50.6 Å². The van der Waals surface area contributed by atoms with E-state index in [1.54, 1.807) is 11.3 Å². The van der Waals surface area contributed by atoms with Crippen molar-refractivity contribution in [2.75, 3.05) is 13.2 Å². The molecule has 1 aliphatic rings. The van der Waals surface area contributed by atoms with Gasteiger partial charge in [-0.3, -0.25) is 0 Å². The number of nitrogens with two attached hydrogens (primary N) is 1. The lowest BCUT2D eigenvalue weighted by molar-refractivity contribution is 0.127. The van der Waals surface area contributed by atoms with Crippen LogP contribution in [0, 0.1) is 5.41 Å². The molecule has 0 aliphatic carbocycles. The highest BCUT2D eigenvalue weighted by molar-refractivity contribution is 9.10. The lowest BCUT2D eigenvalue weighted by atomic mass is 9.77. The van der Waals surface area contributed by atoms with E-state index < -0.39 is 0 Å². The van der Waals surface area contributed by atoms with E-state index in [1.807, 2.05) is 12.1 Å². The normalized spacial score (nSPS) is 21.8. The molecule has 1 unspecified atom stereocenters.